The van der Waals surface area contributed by atoms with Gasteiger partial charge in [-0.25, -0.2) is 0 Å². The van der Waals surface area contributed by atoms with Crippen molar-refractivity contribution < 1.29 is 13.6 Å². The predicted octanol–water partition coefficient (Wildman–Crippen LogP) is 0.0203. The lowest BCUT2D eigenvalue weighted by atomic mass is 10.1. The highest BCUT2D eigenvalue weighted by Gasteiger charge is 2.23. The third kappa shape index (κ3) is 1.56. The summed E-state index contributed by atoms with van der Waals surface area (Å²) in [6.45, 7) is 3.53. The molecule has 0 spiro atoms. The summed E-state index contributed by atoms with van der Waals surface area (Å²) in [5.74, 6) is 0. The van der Waals surface area contributed by atoms with E-state index in [4.69, 9.17) is 4.84 Å². The molecule has 58 valence electrons. The minimum Gasteiger partial charge on any atom is -0.767 e. The Labute approximate surface area is 61.5 Å². The van der Waals surface area contributed by atoms with Gasteiger partial charge in [0, 0.05) is 0 Å². The van der Waals surface area contributed by atoms with Crippen molar-refractivity contribution in [2.45, 2.75) is 19.4 Å². The van der Waals surface area contributed by atoms with Crippen molar-refractivity contribution in [3.63, 3.8) is 0 Å². The van der Waals surface area contributed by atoms with Crippen LogP contribution in [0, 0.1) is 0 Å². The van der Waals surface area contributed by atoms with Crippen molar-refractivity contribution in [1.82, 2.24) is 5.48 Å². The second-order valence-electron chi connectivity index (χ2n) is 2.55. The number of hydrogen-bond donors (Lipinski definition) is 1. The second kappa shape index (κ2) is 2.34. The highest BCUT2D eigenvalue weighted by Crippen LogP contribution is 2.18. The molecule has 1 N–H and O–H groups in total. The third-order valence-corrected chi connectivity index (χ3v) is 1.63. The van der Waals surface area contributed by atoms with Gasteiger partial charge in [-0.15, -0.1) is 0 Å². The molecule has 10 heavy (non-hydrogen) atoms. The van der Waals surface area contributed by atoms with Crippen molar-refractivity contribution in [3.8, 4) is 0 Å². The number of nitrogens with one attached hydrogen (secondary N) is 1. The van der Waals surface area contributed by atoms with Gasteiger partial charge in [0.15, 0.2) is 0 Å². The predicted molar refractivity (Wildman–Crippen MR) is 35.3 cm³/mol. The van der Waals surface area contributed by atoms with Crippen LogP contribution in [0.2, 0.25) is 0 Å². The van der Waals surface area contributed by atoms with Gasteiger partial charge < -0.3 is 4.55 Å². The SMILES string of the molecule is CC1(C)C=C(S(=O)[O-])NO1. The lowest BCUT2D eigenvalue weighted by Gasteiger charge is -2.11. The van der Waals surface area contributed by atoms with Crippen LogP contribution in [0.3, 0.4) is 0 Å². The fraction of sp³-hybridized carbons (Fsp3) is 0.600. The Hall–Kier alpha value is -0.390. The molecule has 0 radical (unpaired) electrons. The first-order valence-corrected chi connectivity index (χ1v) is 3.85. The van der Waals surface area contributed by atoms with Crippen molar-refractivity contribution in [1.29, 1.82) is 0 Å². The van der Waals surface area contributed by atoms with Gasteiger partial charge in [-0.3, -0.25) is 14.5 Å². The van der Waals surface area contributed by atoms with Crippen LogP contribution in [0.15, 0.2) is 11.1 Å². The van der Waals surface area contributed by atoms with Gasteiger partial charge in [-0.1, -0.05) is 0 Å². The third-order valence-electron chi connectivity index (χ3n) is 1.07. The van der Waals surface area contributed by atoms with Crippen molar-refractivity contribution in [3.05, 3.63) is 11.1 Å². The van der Waals surface area contributed by atoms with E-state index in [9.17, 15) is 8.76 Å². The zero-order valence-electron chi connectivity index (χ0n) is 5.71. The Morgan fingerprint density at radius 1 is 1.80 bits per heavy atom. The van der Waals surface area contributed by atoms with Crippen molar-refractivity contribution in [2.75, 3.05) is 0 Å². The van der Waals surface area contributed by atoms with Gasteiger partial charge in [0.05, 0.1) is 0 Å². The van der Waals surface area contributed by atoms with Crippen LogP contribution in [0.5, 0.6) is 0 Å². The Morgan fingerprint density at radius 3 is 2.60 bits per heavy atom. The highest BCUT2D eigenvalue weighted by atomic mass is 32.2. The molecule has 0 aromatic carbocycles. The molecule has 0 saturated carbocycles. The summed E-state index contributed by atoms with van der Waals surface area (Å²) in [5, 5.41) is 0.102. The van der Waals surface area contributed by atoms with Gasteiger partial charge in [0.25, 0.3) is 0 Å². The van der Waals surface area contributed by atoms with E-state index in [1.54, 1.807) is 13.8 Å². The molecule has 1 aliphatic heterocycles. The molecule has 0 aromatic rings. The topological polar surface area (TPSA) is 61.4 Å². The lowest BCUT2D eigenvalue weighted by molar-refractivity contribution is -0.0130. The van der Waals surface area contributed by atoms with E-state index in [0.717, 1.165) is 0 Å². The molecule has 0 bridgehead atoms. The number of rotatable bonds is 1. The normalized spacial score (nSPS) is 25.3. The molecular formula is C5H8NO3S-. The Kier molecular flexibility index (Phi) is 1.80. The van der Waals surface area contributed by atoms with Crippen LogP contribution >= 0.6 is 0 Å². The number of hydrogen-bond acceptors (Lipinski definition) is 4. The zero-order valence-corrected chi connectivity index (χ0v) is 6.53. The van der Waals surface area contributed by atoms with Crippen LogP contribution in [0.1, 0.15) is 13.8 Å². The van der Waals surface area contributed by atoms with Gasteiger partial charge in [0.2, 0.25) is 0 Å². The van der Waals surface area contributed by atoms with E-state index in [0.29, 0.717) is 0 Å². The average molecular weight is 162 g/mol. The van der Waals surface area contributed by atoms with E-state index in [1.165, 1.54) is 6.08 Å². The molecular weight excluding hydrogens is 154 g/mol. The monoisotopic (exact) mass is 162 g/mol. The minimum atomic E-state index is -2.21. The van der Waals surface area contributed by atoms with E-state index in [-0.39, 0.29) is 5.03 Å². The van der Waals surface area contributed by atoms with Crippen LogP contribution in [-0.4, -0.2) is 14.4 Å². The molecule has 1 unspecified atom stereocenters. The van der Waals surface area contributed by atoms with E-state index in [2.05, 4.69) is 5.48 Å². The van der Waals surface area contributed by atoms with Crippen LogP contribution in [0.4, 0.5) is 0 Å². The smallest absolute Gasteiger partial charge is 0.111 e. The summed E-state index contributed by atoms with van der Waals surface area (Å²) in [6.07, 6.45) is 1.51. The molecule has 5 heteroatoms. The summed E-state index contributed by atoms with van der Waals surface area (Å²) in [7, 11) is 0. The summed E-state index contributed by atoms with van der Waals surface area (Å²) in [5.41, 5.74) is 1.78. The van der Waals surface area contributed by atoms with E-state index in [1.807, 2.05) is 0 Å². The molecule has 1 rings (SSSR count). The largest absolute Gasteiger partial charge is 0.767 e. The molecule has 1 heterocycles. The molecule has 1 aliphatic rings. The van der Waals surface area contributed by atoms with Gasteiger partial charge in [-0.05, 0) is 31.0 Å². The Morgan fingerprint density at radius 2 is 2.40 bits per heavy atom. The van der Waals surface area contributed by atoms with Crippen molar-refractivity contribution >= 4 is 11.1 Å². The maximum atomic E-state index is 10.3. The molecule has 0 saturated heterocycles. The van der Waals surface area contributed by atoms with Gasteiger partial charge in [-0.2, -0.15) is 0 Å². The second-order valence-corrected chi connectivity index (χ2v) is 3.46. The maximum absolute atomic E-state index is 10.3. The van der Waals surface area contributed by atoms with E-state index >= 15 is 0 Å². The first-order valence-electron chi connectivity index (χ1n) is 2.77. The Balaban J connectivity index is 2.76. The zero-order chi connectivity index (χ0) is 7.78. The summed E-state index contributed by atoms with van der Waals surface area (Å²) in [6, 6.07) is 0. The first-order chi connectivity index (χ1) is 4.51. The maximum Gasteiger partial charge on any atom is 0.111 e. The van der Waals surface area contributed by atoms with Gasteiger partial charge >= 0.3 is 0 Å². The average Bonchev–Trinajstić information content (AvgIpc) is 2.10. The Bertz CT molecular complexity index is 199. The number of hydroxylamine groups is 1. The fourth-order valence-corrected chi connectivity index (χ4v) is 1.13. The quantitative estimate of drug-likeness (QED) is 0.552. The lowest BCUT2D eigenvalue weighted by Crippen LogP contribution is -2.21. The molecule has 0 amide bonds. The van der Waals surface area contributed by atoms with E-state index < -0.39 is 16.7 Å². The van der Waals surface area contributed by atoms with Crippen LogP contribution < -0.4 is 5.48 Å². The highest BCUT2D eigenvalue weighted by molar-refractivity contribution is 7.83. The van der Waals surface area contributed by atoms with Crippen LogP contribution in [0.25, 0.3) is 0 Å². The minimum absolute atomic E-state index is 0.102. The summed E-state index contributed by atoms with van der Waals surface area (Å²) < 4.78 is 20.6. The molecule has 0 fully saturated rings. The summed E-state index contributed by atoms with van der Waals surface area (Å²) >= 11 is -2.21. The van der Waals surface area contributed by atoms with Crippen molar-refractivity contribution in [2.24, 2.45) is 0 Å². The van der Waals surface area contributed by atoms with Gasteiger partial charge in [0.1, 0.15) is 10.6 Å². The van der Waals surface area contributed by atoms with Crippen LogP contribution in [-0.2, 0) is 15.9 Å². The molecule has 0 aliphatic carbocycles. The standard InChI is InChI=1S/C5H9NO3S/c1-5(2)3-4(6-9-5)10(7)8/h3,6H,1-2H3,(H,7,8)/p-1. The first kappa shape index (κ1) is 7.71. The molecule has 1 atom stereocenters. The fourth-order valence-electron chi connectivity index (χ4n) is 0.639. The molecule has 4 nitrogen and oxygen atoms in total. The summed E-state index contributed by atoms with van der Waals surface area (Å²) in [4.78, 5) is 4.88. The molecule has 0 aromatic heterocycles.